The molecule has 1 saturated carbocycles. The first-order valence-electron chi connectivity index (χ1n) is 22.1. The smallest absolute Gasteiger partial charge is 0.415 e. The molecule has 0 spiro atoms. The van der Waals surface area contributed by atoms with E-state index in [1.807, 2.05) is 32.6 Å². The minimum Gasteiger partial charge on any atom is -0.444 e. The van der Waals surface area contributed by atoms with Crippen LogP contribution in [0.15, 0.2) is 59.6 Å². The Morgan fingerprint density at radius 3 is 2.09 bits per heavy atom. The summed E-state index contributed by atoms with van der Waals surface area (Å²) in [4.78, 5) is 50.6. The van der Waals surface area contributed by atoms with Crippen molar-refractivity contribution in [2.45, 2.75) is 76.1 Å². The number of rotatable bonds is 25. The van der Waals surface area contributed by atoms with Gasteiger partial charge in [-0.15, -0.1) is 0 Å². The molecule has 2 atom stereocenters. The number of hydrogen-bond donors (Lipinski definition) is 2. The number of benzene rings is 2. The maximum atomic E-state index is 12.8. The van der Waals surface area contributed by atoms with Crippen molar-refractivity contribution in [1.29, 1.82) is 0 Å². The van der Waals surface area contributed by atoms with Crippen LogP contribution in [0.25, 0.3) is 0 Å². The Morgan fingerprint density at radius 2 is 1.49 bits per heavy atom. The highest BCUT2D eigenvalue weighted by Crippen LogP contribution is 2.41. The van der Waals surface area contributed by atoms with Gasteiger partial charge in [-0.1, -0.05) is 37.1 Å². The molecule has 3 aromatic rings. The number of non-ortho nitro benzene ring substituents is 1. The number of carbonyl (C=O) groups is 2. The molecule has 0 unspecified atom stereocenters. The predicted molar refractivity (Wildman–Crippen MR) is 239 cm³/mol. The highest BCUT2D eigenvalue weighted by Gasteiger charge is 2.34. The van der Waals surface area contributed by atoms with E-state index in [-0.39, 0.29) is 74.9 Å². The third-order valence-corrected chi connectivity index (χ3v) is 12.4. The van der Waals surface area contributed by atoms with Crippen LogP contribution >= 0.6 is 0 Å². The minimum absolute atomic E-state index is 0.0262. The van der Waals surface area contributed by atoms with E-state index in [0.29, 0.717) is 56.8 Å². The molecular formula is C44H62N8O12S. The van der Waals surface area contributed by atoms with Gasteiger partial charge in [0.05, 0.1) is 80.8 Å². The Hall–Kier alpha value is -5.03. The van der Waals surface area contributed by atoms with Crippen LogP contribution in [0.5, 0.6) is 0 Å². The summed E-state index contributed by atoms with van der Waals surface area (Å²) < 4.78 is 60.2. The quantitative estimate of drug-likeness (QED) is 0.0612. The fraction of sp³-hybridized carbons (Fsp3) is 0.591. The number of nitro groups is 1. The molecule has 2 aliphatic heterocycles. The number of amides is 2. The normalized spacial score (nSPS) is 16.7. The Bertz CT molecular complexity index is 2130. The van der Waals surface area contributed by atoms with Crippen LogP contribution in [-0.4, -0.2) is 143 Å². The van der Waals surface area contributed by atoms with Gasteiger partial charge in [0.1, 0.15) is 18.0 Å². The maximum Gasteiger partial charge on any atom is 0.415 e. The lowest BCUT2D eigenvalue weighted by atomic mass is 9.96. The number of anilines is 2. The second-order valence-electron chi connectivity index (χ2n) is 17.1. The molecule has 6 rings (SSSR count). The Labute approximate surface area is 380 Å². The van der Waals surface area contributed by atoms with Crippen molar-refractivity contribution >= 4 is 39.7 Å². The van der Waals surface area contributed by atoms with Crippen molar-refractivity contribution in [2.75, 3.05) is 102 Å². The average molecular weight is 927 g/mol. The van der Waals surface area contributed by atoms with Gasteiger partial charge in [0.15, 0.2) is 0 Å². The summed E-state index contributed by atoms with van der Waals surface area (Å²) in [5.74, 6) is 1.60. The summed E-state index contributed by atoms with van der Waals surface area (Å²) in [6.45, 7) is 13.1. The van der Waals surface area contributed by atoms with Crippen molar-refractivity contribution in [3.8, 4) is 0 Å². The number of carbonyl (C=O) groups excluding carboxylic acids is 2. The van der Waals surface area contributed by atoms with E-state index >= 15 is 0 Å². The van der Waals surface area contributed by atoms with Gasteiger partial charge in [0, 0.05) is 57.1 Å². The van der Waals surface area contributed by atoms with Crippen LogP contribution in [0.1, 0.15) is 75.7 Å². The van der Waals surface area contributed by atoms with Gasteiger partial charge in [-0.3, -0.25) is 19.9 Å². The number of sulfonamides is 1. The number of nitrogens with one attached hydrogen (secondary N) is 2. The first-order chi connectivity index (χ1) is 31.2. The summed E-state index contributed by atoms with van der Waals surface area (Å²) in [5.41, 5.74) is 2.32. The van der Waals surface area contributed by atoms with Gasteiger partial charge in [-0.05, 0) is 63.3 Å². The fourth-order valence-corrected chi connectivity index (χ4v) is 8.30. The summed E-state index contributed by atoms with van der Waals surface area (Å²) in [6, 6.07) is 13.5. The van der Waals surface area contributed by atoms with Gasteiger partial charge < -0.3 is 38.6 Å². The SMILES string of the molecule is C[C@H](Nc1ncc2c(n1)N(CCOCCOCCOCCOCCNS(=O)(=O)c1ccc([N+](=O)[O-])cc1)C(=O)OC2)c1ccc([C@H](CC2CC2)N2CCN(C(=O)OC(C)(C)C)CC2)cc1. The fourth-order valence-electron chi connectivity index (χ4n) is 7.29. The van der Waals surface area contributed by atoms with Crippen LogP contribution in [0.3, 0.4) is 0 Å². The monoisotopic (exact) mass is 926 g/mol. The lowest BCUT2D eigenvalue weighted by Gasteiger charge is -2.40. The molecule has 356 valence electrons. The predicted octanol–water partition coefficient (Wildman–Crippen LogP) is 5.45. The summed E-state index contributed by atoms with van der Waals surface area (Å²) in [7, 11) is -3.81. The summed E-state index contributed by atoms with van der Waals surface area (Å²) >= 11 is 0. The van der Waals surface area contributed by atoms with Gasteiger partial charge in [-0.2, -0.15) is 4.98 Å². The van der Waals surface area contributed by atoms with Gasteiger partial charge in [-0.25, -0.2) is 27.7 Å². The maximum absolute atomic E-state index is 12.8. The van der Waals surface area contributed by atoms with Crippen molar-refractivity contribution in [2.24, 2.45) is 5.92 Å². The standard InChI is InChI=1S/C44H62N8O12S/c1-32(34-7-9-35(10-8-34)39(29-33-5-6-33)49-16-18-50(19-17-49)42(53)64-44(2,3)4)47-41-45-30-36-31-63-43(54)51(40(36)48-41)20-22-60-24-26-62-28-27-61-25-23-59-21-15-46-65(57,58)38-13-11-37(12-14-38)52(55)56/h7-14,30,32-33,39,46H,5-6,15-29,31H2,1-4H3,(H,45,47,48)/t32-,39-/m0/s1. The molecule has 3 aliphatic rings. The number of aromatic nitrogens is 2. The molecule has 20 nitrogen and oxygen atoms in total. The molecule has 2 aromatic carbocycles. The van der Waals surface area contributed by atoms with Crippen molar-refractivity contribution < 1.29 is 51.4 Å². The van der Waals surface area contributed by atoms with Crippen LogP contribution in [0.2, 0.25) is 0 Å². The zero-order chi connectivity index (χ0) is 46.4. The lowest BCUT2D eigenvalue weighted by molar-refractivity contribution is -0.384. The van der Waals surface area contributed by atoms with E-state index in [1.165, 1.54) is 35.4 Å². The number of fused-ring (bicyclic) bond motifs is 1. The zero-order valence-electron chi connectivity index (χ0n) is 37.6. The van der Waals surface area contributed by atoms with E-state index in [1.54, 1.807) is 6.20 Å². The molecule has 2 N–H and O–H groups in total. The van der Waals surface area contributed by atoms with E-state index in [9.17, 15) is 28.1 Å². The molecule has 1 saturated heterocycles. The first kappa shape index (κ1) is 49.4. The number of cyclic esters (lactones) is 1. The summed E-state index contributed by atoms with van der Waals surface area (Å²) in [5, 5.41) is 14.2. The molecule has 0 radical (unpaired) electrons. The highest BCUT2D eigenvalue weighted by molar-refractivity contribution is 7.89. The van der Waals surface area contributed by atoms with Gasteiger partial charge in [0.25, 0.3) is 5.69 Å². The molecule has 0 bridgehead atoms. The lowest BCUT2D eigenvalue weighted by Crippen LogP contribution is -2.50. The van der Waals surface area contributed by atoms with Crippen molar-refractivity contribution in [3.05, 3.63) is 81.5 Å². The van der Waals surface area contributed by atoms with E-state index in [4.69, 9.17) is 33.4 Å². The molecule has 1 aromatic heterocycles. The second kappa shape index (κ2) is 23.4. The second-order valence-corrected chi connectivity index (χ2v) is 18.8. The topological polar surface area (TPSA) is 226 Å². The third-order valence-electron chi connectivity index (χ3n) is 11.0. The number of ether oxygens (including phenoxy) is 6. The van der Waals surface area contributed by atoms with Crippen molar-refractivity contribution in [3.63, 3.8) is 0 Å². The van der Waals surface area contributed by atoms with Crippen LogP contribution in [0.4, 0.5) is 27.0 Å². The highest BCUT2D eigenvalue weighted by atomic mass is 32.2. The Balaban J connectivity index is 0.859. The third kappa shape index (κ3) is 15.3. The molecular weight excluding hydrogens is 865 g/mol. The van der Waals surface area contributed by atoms with Gasteiger partial charge >= 0.3 is 12.2 Å². The number of nitrogens with zero attached hydrogens (tertiary/aromatic N) is 6. The molecule has 21 heteroatoms. The molecule has 65 heavy (non-hydrogen) atoms. The molecule has 2 amide bonds. The zero-order valence-corrected chi connectivity index (χ0v) is 38.5. The van der Waals surface area contributed by atoms with Crippen LogP contribution in [0, 0.1) is 16.0 Å². The molecule has 1 aliphatic carbocycles. The Morgan fingerprint density at radius 1 is 0.892 bits per heavy atom. The first-order valence-corrected chi connectivity index (χ1v) is 23.6. The van der Waals surface area contributed by atoms with Gasteiger partial charge in [0.2, 0.25) is 16.0 Å². The van der Waals surface area contributed by atoms with Crippen LogP contribution < -0.4 is 14.9 Å². The average Bonchev–Trinajstić information content (AvgIpc) is 4.11. The van der Waals surface area contributed by atoms with Crippen LogP contribution in [-0.2, 0) is 45.1 Å². The van der Waals surface area contributed by atoms with E-state index in [2.05, 4.69) is 44.2 Å². The van der Waals surface area contributed by atoms with E-state index < -0.39 is 26.6 Å². The van der Waals surface area contributed by atoms with E-state index in [0.717, 1.165) is 43.1 Å². The number of nitro benzene ring substituents is 1. The molecule has 3 heterocycles. The number of piperazine rings is 1. The summed E-state index contributed by atoms with van der Waals surface area (Å²) in [6.07, 6.45) is 4.55. The minimum atomic E-state index is -3.81. The van der Waals surface area contributed by atoms with Crippen molar-refractivity contribution in [1.82, 2.24) is 24.5 Å². The number of hydrogen-bond acceptors (Lipinski definition) is 16. The molecule has 2 fully saturated rings. The largest absolute Gasteiger partial charge is 0.444 e. The Kier molecular flexibility index (Phi) is 17.8.